The van der Waals surface area contributed by atoms with Crippen molar-refractivity contribution in [1.29, 1.82) is 0 Å². The summed E-state index contributed by atoms with van der Waals surface area (Å²) < 4.78 is 0. The third-order valence-electron chi connectivity index (χ3n) is 4.07. The van der Waals surface area contributed by atoms with E-state index >= 15 is 0 Å². The fourth-order valence-corrected chi connectivity index (χ4v) is 2.69. The first-order valence-corrected chi connectivity index (χ1v) is 8.12. The molecule has 0 saturated heterocycles. The van der Waals surface area contributed by atoms with Gasteiger partial charge in [0.2, 0.25) is 0 Å². The van der Waals surface area contributed by atoms with Gasteiger partial charge in [0.1, 0.15) is 5.75 Å². The van der Waals surface area contributed by atoms with Crippen molar-refractivity contribution in [3.63, 3.8) is 0 Å². The van der Waals surface area contributed by atoms with E-state index in [-0.39, 0.29) is 11.1 Å². The molecule has 3 N–H and O–H groups in total. The quantitative estimate of drug-likeness (QED) is 0.478. The van der Waals surface area contributed by atoms with Gasteiger partial charge in [-0.15, -0.1) is 0 Å². The van der Waals surface area contributed by atoms with Gasteiger partial charge in [-0.2, -0.15) is 0 Å². The molecule has 0 atom stereocenters. The maximum Gasteiger partial charge on any atom is 0.335 e. The number of aromatic hydroxyl groups is 1. The van der Waals surface area contributed by atoms with E-state index in [1.54, 1.807) is 24.3 Å². The van der Waals surface area contributed by atoms with Gasteiger partial charge in [-0.05, 0) is 57.9 Å². The van der Waals surface area contributed by atoms with Gasteiger partial charge in [-0.3, -0.25) is 0 Å². The van der Waals surface area contributed by atoms with E-state index in [0.717, 1.165) is 16.2 Å². The first-order valence-electron chi connectivity index (χ1n) is 8.12. The van der Waals surface area contributed by atoms with E-state index in [9.17, 15) is 9.59 Å². The molecule has 0 bridgehead atoms. The lowest BCUT2D eigenvalue weighted by Gasteiger charge is -2.01. The second-order valence-electron chi connectivity index (χ2n) is 5.92. The lowest BCUT2D eigenvalue weighted by atomic mass is 10.0. The minimum atomic E-state index is -1.03. The van der Waals surface area contributed by atoms with Crippen LogP contribution in [0.2, 0.25) is 0 Å². The molecule has 4 aromatic rings. The molecule has 0 spiro atoms. The average Bonchev–Trinajstić information content (AvgIpc) is 2.67. The first-order chi connectivity index (χ1) is 12.9. The molecule has 0 amide bonds. The Bertz CT molecular complexity index is 1100. The number of rotatable bonds is 2. The molecule has 0 radical (unpaired) electrons. The largest absolute Gasteiger partial charge is 0.508 e. The molecule has 4 rings (SSSR count). The van der Waals surface area contributed by atoms with Gasteiger partial charge in [0, 0.05) is 0 Å². The fraction of sp³-hybridized carbons (Fsp3) is 0. The summed E-state index contributed by atoms with van der Waals surface area (Å²) in [7, 11) is 0. The summed E-state index contributed by atoms with van der Waals surface area (Å²) in [4.78, 5) is 21.5. The zero-order valence-electron chi connectivity index (χ0n) is 14.2. The second kappa shape index (κ2) is 7.58. The lowest BCUT2D eigenvalue weighted by Crippen LogP contribution is -1.97. The average molecular weight is 360 g/mol. The van der Waals surface area contributed by atoms with E-state index in [0.29, 0.717) is 11.1 Å². The minimum Gasteiger partial charge on any atom is -0.508 e. The molecule has 0 aliphatic rings. The van der Waals surface area contributed by atoms with Gasteiger partial charge in [-0.25, -0.2) is 9.59 Å². The van der Waals surface area contributed by atoms with E-state index in [1.165, 1.54) is 24.3 Å². The molecule has 0 heterocycles. The zero-order chi connectivity index (χ0) is 19.4. The van der Waals surface area contributed by atoms with Crippen LogP contribution < -0.4 is 0 Å². The highest BCUT2D eigenvalue weighted by atomic mass is 16.4. The molecule has 5 heteroatoms. The summed E-state index contributed by atoms with van der Waals surface area (Å²) in [6.07, 6.45) is 0. The van der Waals surface area contributed by atoms with Gasteiger partial charge in [0.25, 0.3) is 0 Å². The highest BCUT2D eigenvalue weighted by Gasteiger charge is 2.06. The van der Waals surface area contributed by atoms with Crippen molar-refractivity contribution in [3.05, 3.63) is 90.0 Å². The number of carboxylic acid groups (broad SMARTS) is 2. The van der Waals surface area contributed by atoms with Crippen LogP contribution in [-0.4, -0.2) is 27.3 Å². The Hall–Kier alpha value is -3.86. The van der Waals surface area contributed by atoms with Crippen molar-refractivity contribution >= 4 is 33.5 Å². The zero-order valence-corrected chi connectivity index (χ0v) is 14.2. The molecule has 0 saturated carbocycles. The molecule has 5 nitrogen and oxygen atoms in total. The van der Waals surface area contributed by atoms with Crippen LogP contribution in [0.5, 0.6) is 5.75 Å². The number of phenolic OH excluding ortho intramolecular Hbond substituents is 1. The fourth-order valence-electron chi connectivity index (χ4n) is 2.69. The van der Waals surface area contributed by atoms with Crippen molar-refractivity contribution in [2.75, 3.05) is 0 Å². The molecular weight excluding hydrogens is 344 g/mol. The van der Waals surface area contributed by atoms with Crippen LogP contribution in [0.1, 0.15) is 20.7 Å². The molecule has 0 aliphatic carbocycles. The number of aromatic carboxylic acids is 2. The van der Waals surface area contributed by atoms with Crippen LogP contribution in [0.3, 0.4) is 0 Å². The molecule has 4 aromatic carbocycles. The van der Waals surface area contributed by atoms with Gasteiger partial charge in [0.05, 0.1) is 11.1 Å². The third kappa shape index (κ3) is 4.22. The number of hydrogen-bond donors (Lipinski definition) is 3. The van der Waals surface area contributed by atoms with Gasteiger partial charge < -0.3 is 15.3 Å². The molecular formula is C22H16O5. The molecule has 0 fully saturated rings. The Morgan fingerprint density at radius 2 is 1.04 bits per heavy atom. The van der Waals surface area contributed by atoms with Crippen LogP contribution >= 0.6 is 0 Å². The Kier molecular flexibility index (Phi) is 5.04. The van der Waals surface area contributed by atoms with E-state index in [4.69, 9.17) is 15.3 Å². The summed E-state index contributed by atoms with van der Waals surface area (Å²) in [6.45, 7) is 0. The van der Waals surface area contributed by atoms with Crippen LogP contribution in [-0.2, 0) is 0 Å². The normalized spacial score (nSPS) is 10.2. The maximum atomic E-state index is 10.7. The van der Waals surface area contributed by atoms with E-state index in [1.807, 2.05) is 30.3 Å². The van der Waals surface area contributed by atoms with Crippen LogP contribution in [0, 0.1) is 0 Å². The van der Waals surface area contributed by atoms with E-state index in [2.05, 4.69) is 0 Å². The van der Waals surface area contributed by atoms with E-state index < -0.39 is 11.9 Å². The van der Waals surface area contributed by atoms with Crippen LogP contribution in [0.25, 0.3) is 21.5 Å². The summed E-state index contributed by atoms with van der Waals surface area (Å²) in [5, 5.41) is 30.4. The van der Waals surface area contributed by atoms with Crippen LogP contribution in [0.4, 0.5) is 0 Å². The maximum absolute atomic E-state index is 10.7. The highest BCUT2D eigenvalue weighted by molar-refractivity contribution is 5.98. The Labute approximate surface area is 154 Å². The van der Waals surface area contributed by atoms with Crippen LogP contribution in [0.15, 0.2) is 78.9 Å². The Morgan fingerprint density at radius 3 is 1.59 bits per heavy atom. The predicted molar refractivity (Wildman–Crippen MR) is 103 cm³/mol. The molecule has 27 heavy (non-hydrogen) atoms. The minimum absolute atomic E-state index is 0.148. The SMILES string of the molecule is O=C(O)c1ccc2ccc(C(=O)O)cc2c1.Oc1ccc2ccccc2c1. The number of carbonyl (C=O) groups is 2. The lowest BCUT2D eigenvalue weighted by molar-refractivity contribution is 0.0687. The topological polar surface area (TPSA) is 94.8 Å². The number of carboxylic acids is 2. The molecule has 0 aliphatic heterocycles. The van der Waals surface area contributed by atoms with Crippen molar-refractivity contribution < 1.29 is 24.9 Å². The number of benzene rings is 4. The highest BCUT2D eigenvalue weighted by Crippen LogP contribution is 2.19. The molecule has 0 unspecified atom stereocenters. The van der Waals surface area contributed by atoms with Gasteiger partial charge in [0.15, 0.2) is 0 Å². The van der Waals surface area contributed by atoms with Gasteiger partial charge >= 0.3 is 11.9 Å². The Balaban J connectivity index is 0.000000166. The van der Waals surface area contributed by atoms with Crippen molar-refractivity contribution in [2.45, 2.75) is 0 Å². The first kappa shape index (κ1) is 17.9. The van der Waals surface area contributed by atoms with Crippen molar-refractivity contribution in [3.8, 4) is 5.75 Å². The number of phenols is 1. The molecule has 134 valence electrons. The van der Waals surface area contributed by atoms with Crippen molar-refractivity contribution in [1.82, 2.24) is 0 Å². The number of hydrogen-bond acceptors (Lipinski definition) is 3. The third-order valence-corrected chi connectivity index (χ3v) is 4.07. The smallest absolute Gasteiger partial charge is 0.335 e. The summed E-state index contributed by atoms with van der Waals surface area (Å²) in [6, 6.07) is 22.5. The monoisotopic (exact) mass is 360 g/mol. The van der Waals surface area contributed by atoms with Gasteiger partial charge in [-0.1, -0.05) is 42.5 Å². The predicted octanol–water partition coefficient (Wildman–Crippen LogP) is 4.78. The summed E-state index contributed by atoms with van der Waals surface area (Å²) in [5.74, 6) is -1.73. The summed E-state index contributed by atoms with van der Waals surface area (Å²) in [5.41, 5.74) is 0.296. The molecule has 0 aromatic heterocycles. The summed E-state index contributed by atoms with van der Waals surface area (Å²) >= 11 is 0. The van der Waals surface area contributed by atoms with Crippen molar-refractivity contribution in [2.24, 2.45) is 0 Å². The Morgan fingerprint density at radius 1 is 0.556 bits per heavy atom. The number of fused-ring (bicyclic) bond motifs is 2. The standard InChI is InChI=1S/C12H8O4.C10H8O/c13-11(14)8-3-1-7-2-4-9(12(15)16)6-10(7)5-8;11-10-6-5-8-3-1-2-4-9(8)7-10/h1-6H,(H,13,14)(H,15,16);1-7,11H. The second-order valence-corrected chi connectivity index (χ2v) is 5.92.